The van der Waals surface area contributed by atoms with Crippen molar-refractivity contribution in [2.45, 2.75) is 0 Å². The Morgan fingerprint density at radius 3 is 0.583 bits per heavy atom. The maximum atomic E-state index is 8.52. The Morgan fingerprint density at radius 2 is 0.583 bits per heavy atom. The summed E-state index contributed by atoms with van der Waals surface area (Å²) in [6, 6.07) is 0. The van der Waals surface area contributed by atoms with E-state index in [0.29, 0.717) is 0 Å². The zero-order valence-electron chi connectivity index (χ0n) is 6.08. The van der Waals surface area contributed by atoms with Crippen LogP contribution in [0.15, 0.2) is 0 Å². The minimum Gasteiger partial charge on any atom is -0.759 e. The van der Waals surface area contributed by atoms with E-state index in [2.05, 4.69) is 0 Å². The van der Waals surface area contributed by atoms with Gasteiger partial charge in [0.05, 0.1) is 0 Å². The van der Waals surface area contributed by atoms with Gasteiger partial charge in [0.1, 0.15) is 0 Å². The molecule has 0 aromatic rings. The zero-order valence-corrected chi connectivity index (χ0v) is 14.0. The van der Waals surface area contributed by atoms with Crippen LogP contribution < -0.4 is 103 Å². The molecule has 12 heteroatoms. The van der Waals surface area contributed by atoms with Crippen LogP contribution >= 0.6 is 0 Å². The van der Waals surface area contributed by atoms with E-state index in [-0.39, 0.29) is 103 Å². The Labute approximate surface area is 154 Å². The minimum atomic E-state index is -5.17. The monoisotopic (exact) mass is 270 g/mol. The van der Waals surface area contributed by atoms with E-state index >= 15 is 0 Å². The van der Waals surface area contributed by atoms with Gasteiger partial charge in [0, 0.05) is 20.8 Å². The van der Waals surface area contributed by atoms with Gasteiger partial charge in [-0.3, -0.25) is 16.8 Å². The SMILES string of the molecule is O=S(=O)([O-])[O-].O=S(=O)([O-])[O-].[K+].[K+]. The van der Waals surface area contributed by atoms with E-state index in [1.54, 1.807) is 0 Å². The molecule has 12 heavy (non-hydrogen) atoms. The van der Waals surface area contributed by atoms with Gasteiger partial charge in [-0.2, -0.15) is 0 Å². The van der Waals surface area contributed by atoms with Gasteiger partial charge >= 0.3 is 103 Å². The van der Waals surface area contributed by atoms with Gasteiger partial charge in [-0.1, -0.05) is 0 Å². The van der Waals surface area contributed by atoms with Crippen molar-refractivity contribution < 1.29 is 138 Å². The van der Waals surface area contributed by atoms with Gasteiger partial charge in [0.2, 0.25) is 0 Å². The van der Waals surface area contributed by atoms with Crippen LogP contribution in [0.2, 0.25) is 0 Å². The molecule has 64 valence electrons. The van der Waals surface area contributed by atoms with Crippen LogP contribution in [0.4, 0.5) is 0 Å². The minimum absolute atomic E-state index is 0. The van der Waals surface area contributed by atoms with Crippen molar-refractivity contribution in [1.82, 2.24) is 0 Å². The molecule has 0 N–H and O–H groups in total. The van der Waals surface area contributed by atoms with Gasteiger partial charge in [-0.25, -0.2) is 0 Å². The van der Waals surface area contributed by atoms with Crippen molar-refractivity contribution >= 4 is 20.8 Å². The molecule has 0 saturated carbocycles. The third-order valence-electron chi connectivity index (χ3n) is 0. The molecule has 0 amide bonds. The first-order valence-electron chi connectivity index (χ1n) is 1.33. The second kappa shape index (κ2) is 10.5. The second-order valence-corrected chi connectivity index (χ2v) is 2.45. The van der Waals surface area contributed by atoms with Crippen LogP contribution in [-0.4, -0.2) is 35.0 Å². The summed E-state index contributed by atoms with van der Waals surface area (Å²) in [5.74, 6) is 0. The zero-order chi connectivity index (χ0) is 9.00. The molecule has 0 aliphatic heterocycles. The molecule has 0 fully saturated rings. The molecule has 0 spiro atoms. The van der Waals surface area contributed by atoms with Gasteiger partial charge in [0.25, 0.3) is 0 Å². The Balaban J connectivity index is -0.0000000457. The fourth-order valence-corrected chi connectivity index (χ4v) is 0. The number of hydrogen-bond acceptors (Lipinski definition) is 8. The van der Waals surface area contributed by atoms with Gasteiger partial charge in [-0.15, -0.1) is 0 Å². The van der Waals surface area contributed by atoms with Crippen LogP contribution in [0.1, 0.15) is 0 Å². The molecule has 0 aromatic heterocycles. The van der Waals surface area contributed by atoms with Crippen molar-refractivity contribution in [2.24, 2.45) is 0 Å². The van der Waals surface area contributed by atoms with Gasteiger partial charge < -0.3 is 18.2 Å². The molecule has 0 bridgehead atoms. The predicted molar refractivity (Wildman–Crippen MR) is 20.9 cm³/mol. The van der Waals surface area contributed by atoms with Crippen molar-refractivity contribution in [2.75, 3.05) is 0 Å². The van der Waals surface area contributed by atoms with E-state index in [1.807, 2.05) is 0 Å². The van der Waals surface area contributed by atoms with Crippen molar-refractivity contribution in [1.29, 1.82) is 0 Å². The van der Waals surface area contributed by atoms with E-state index in [9.17, 15) is 0 Å². The third kappa shape index (κ3) is 207. The molecule has 8 nitrogen and oxygen atoms in total. The number of hydrogen-bond donors (Lipinski definition) is 0. The largest absolute Gasteiger partial charge is 1.00 e. The first kappa shape index (κ1) is 24.3. The first-order valence-corrected chi connectivity index (χ1v) is 4.00. The van der Waals surface area contributed by atoms with Crippen LogP contribution in [0, 0.1) is 0 Å². The predicted octanol–water partition coefficient (Wildman–Crippen LogP) is -8.67. The Bertz CT molecular complexity index is 211. The van der Waals surface area contributed by atoms with E-state index in [4.69, 9.17) is 35.0 Å². The normalized spacial score (nSPS) is 9.67. The van der Waals surface area contributed by atoms with Gasteiger partial charge in [-0.05, 0) is 0 Å². The molecule has 0 aliphatic carbocycles. The Morgan fingerprint density at radius 1 is 0.583 bits per heavy atom. The fraction of sp³-hybridized carbons (Fsp3) is 0. The van der Waals surface area contributed by atoms with Crippen LogP contribution in [-0.2, 0) is 20.8 Å². The third-order valence-corrected chi connectivity index (χ3v) is 0. The van der Waals surface area contributed by atoms with Crippen LogP contribution in [0.5, 0.6) is 0 Å². The first-order chi connectivity index (χ1) is 4.00. The van der Waals surface area contributed by atoms with Crippen molar-refractivity contribution in [3.63, 3.8) is 0 Å². The summed E-state index contributed by atoms with van der Waals surface area (Å²) in [4.78, 5) is 0. The summed E-state index contributed by atoms with van der Waals surface area (Å²) in [7, 11) is -10.3. The molecule has 0 radical (unpaired) electrons. The molecule has 0 aliphatic rings. The molecule has 0 aromatic carbocycles. The molecule has 0 heterocycles. The Kier molecular flexibility index (Phi) is 21.3. The summed E-state index contributed by atoms with van der Waals surface area (Å²) in [5.41, 5.74) is 0. The average molecular weight is 270 g/mol. The summed E-state index contributed by atoms with van der Waals surface area (Å²) in [5, 5.41) is 0. The summed E-state index contributed by atoms with van der Waals surface area (Å²) < 4.78 is 68.2. The summed E-state index contributed by atoms with van der Waals surface area (Å²) >= 11 is 0. The molecule has 0 atom stereocenters. The molecule has 0 unspecified atom stereocenters. The fourth-order valence-electron chi connectivity index (χ4n) is 0. The second-order valence-electron chi connectivity index (χ2n) is 0.816. The van der Waals surface area contributed by atoms with Crippen LogP contribution in [0.3, 0.4) is 0 Å². The molecule has 0 rings (SSSR count). The standard InChI is InChI=1S/2K.2H2O4S/c;;2*1-5(2,3)4/h;;2*(H2,1,2,3,4)/q2*+1;;/p-4. The van der Waals surface area contributed by atoms with Crippen molar-refractivity contribution in [3.05, 3.63) is 0 Å². The molecular formula is K2O8S2-2. The van der Waals surface area contributed by atoms with Gasteiger partial charge in [0.15, 0.2) is 0 Å². The number of rotatable bonds is 0. The Hall–Kier alpha value is 3.01. The smallest absolute Gasteiger partial charge is 0.759 e. The maximum absolute atomic E-state index is 8.52. The van der Waals surface area contributed by atoms with E-state index in [1.165, 1.54) is 0 Å². The quantitative estimate of drug-likeness (QED) is 0.238. The summed E-state index contributed by atoms with van der Waals surface area (Å²) in [6.07, 6.45) is 0. The average Bonchev–Trinajstić information content (AvgIpc) is 1.12. The molecular weight excluding hydrogens is 270 g/mol. The summed E-state index contributed by atoms with van der Waals surface area (Å²) in [6.45, 7) is 0. The van der Waals surface area contributed by atoms with Crippen LogP contribution in [0.25, 0.3) is 0 Å². The molecule has 0 saturated heterocycles. The van der Waals surface area contributed by atoms with Crippen molar-refractivity contribution in [3.8, 4) is 0 Å². The van der Waals surface area contributed by atoms with E-state index < -0.39 is 20.8 Å². The van der Waals surface area contributed by atoms with E-state index in [0.717, 1.165) is 0 Å². The topological polar surface area (TPSA) is 161 Å². The maximum Gasteiger partial charge on any atom is 1.00 e.